The zero-order valence-electron chi connectivity index (χ0n) is 11.3. The van der Waals surface area contributed by atoms with E-state index in [-0.39, 0.29) is 5.92 Å². The molecule has 0 bridgehead atoms. The molecule has 1 rings (SSSR count). The second kappa shape index (κ2) is 6.71. The summed E-state index contributed by atoms with van der Waals surface area (Å²) in [6, 6.07) is 0.481. The Bertz CT molecular complexity index is 308. The van der Waals surface area contributed by atoms with Crippen LogP contribution >= 0.6 is 0 Å². The second-order valence-corrected chi connectivity index (χ2v) is 7.15. The summed E-state index contributed by atoms with van der Waals surface area (Å²) >= 11 is 0. The fourth-order valence-corrected chi connectivity index (χ4v) is 4.33. The van der Waals surface area contributed by atoms with E-state index in [1.165, 1.54) is 0 Å². The van der Waals surface area contributed by atoms with Crippen LogP contribution in [-0.2, 0) is 10.0 Å². The molecule has 0 aromatic carbocycles. The standard InChI is InChI=1S/C12H26N2O2S/c1-4-5-11(2)10-17(15,16)14-8-6-12(13-3)7-9-14/h11-13H,4-10H2,1-3H3. The number of nitrogens with one attached hydrogen (secondary N) is 1. The lowest BCUT2D eigenvalue weighted by Crippen LogP contribution is -2.45. The maximum absolute atomic E-state index is 12.2. The Morgan fingerprint density at radius 1 is 1.35 bits per heavy atom. The van der Waals surface area contributed by atoms with Crippen LogP contribution in [-0.4, -0.2) is 44.7 Å². The number of hydrogen-bond acceptors (Lipinski definition) is 3. The van der Waals surface area contributed by atoms with E-state index in [2.05, 4.69) is 12.2 Å². The van der Waals surface area contributed by atoms with Crippen molar-refractivity contribution < 1.29 is 8.42 Å². The van der Waals surface area contributed by atoms with Crippen LogP contribution in [0.25, 0.3) is 0 Å². The first-order chi connectivity index (χ1) is 7.99. The van der Waals surface area contributed by atoms with Crippen LogP contribution in [0.4, 0.5) is 0 Å². The van der Waals surface area contributed by atoms with E-state index in [0.717, 1.165) is 25.7 Å². The Morgan fingerprint density at radius 2 is 1.94 bits per heavy atom. The van der Waals surface area contributed by atoms with E-state index in [1.54, 1.807) is 4.31 Å². The molecule has 1 unspecified atom stereocenters. The summed E-state index contributed by atoms with van der Waals surface area (Å²) < 4.78 is 26.0. The Morgan fingerprint density at radius 3 is 2.41 bits per heavy atom. The number of rotatable bonds is 6. The molecule has 5 heteroatoms. The van der Waals surface area contributed by atoms with Gasteiger partial charge in [-0.05, 0) is 32.2 Å². The molecular formula is C12H26N2O2S. The molecule has 1 N–H and O–H groups in total. The monoisotopic (exact) mass is 262 g/mol. The fourth-order valence-electron chi connectivity index (χ4n) is 2.46. The minimum atomic E-state index is -3.03. The summed E-state index contributed by atoms with van der Waals surface area (Å²) in [7, 11) is -1.09. The molecule has 0 aromatic heterocycles. The lowest BCUT2D eigenvalue weighted by Gasteiger charge is -2.31. The third kappa shape index (κ3) is 4.56. The van der Waals surface area contributed by atoms with Crippen molar-refractivity contribution in [2.45, 2.75) is 45.6 Å². The molecule has 1 aliphatic rings. The Hall–Kier alpha value is -0.130. The Labute approximate surface area is 106 Å². The summed E-state index contributed by atoms with van der Waals surface area (Å²) in [6.45, 7) is 5.47. The highest BCUT2D eigenvalue weighted by atomic mass is 32.2. The molecule has 0 aromatic rings. The summed E-state index contributed by atoms with van der Waals surface area (Å²) in [5.74, 6) is 0.581. The van der Waals surface area contributed by atoms with Gasteiger partial charge in [0.05, 0.1) is 5.75 Å². The number of sulfonamides is 1. The van der Waals surface area contributed by atoms with E-state index < -0.39 is 10.0 Å². The molecule has 4 nitrogen and oxygen atoms in total. The minimum Gasteiger partial charge on any atom is -0.317 e. The molecule has 0 saturated carbocycles. The van der Waals surface area contributed by atoms with Gasteiger partial charge in [0.1, 0.15) is 0 Å². The van der Waals surface area contributed by atoms with Crippen molar-refractivity contribution in [2.24, 2.45) is 5.92 Å². The molecule has 1 atom stereocenters. The van der Waals surface area contributed by atoms with Gasteiger partial charge in [0.25, 0.3) is 0 Å². The van der Waals surface area contributed by atoms with E-state index >= 15 is 0 Å². The molecule has 0 aliphatic carbocycles. The molecule has 1 fully saturated rings. The zero-order valence-corrected chi connectivity index (χ0v) is 12.1. The summed E-state index contributed by atoms with van der Waals surface area (Å²) in [5.41, 5.74) is 0. The summed E-state index contributed by atoms with van der Waals surface area (Å²) in [5, 5.41) is 3.22. The van der Waals surface area contributed by atoms with Gasteiger partial charge in [0.15, 0.2) is 0 Å². The van der Waals surface area contributed by atoms with Crippen molar-refractivity contribution in [3.8, 4) is 0 Å². The molecule has 1 aliphatic heterocycles. The van der Waals surface area contributed by atoms with Crippen LogP contribution in [0, 0.1) is 5.92 Å². The maximum atomic E-state index is 12.2. The van der Waals surface area contributed by atoms with E-state index in [0.29, 0.717) is 24.9 Å². The molecule has 102 valence electrons. The SMILES string of the molecule is CCCC(C)CS(=O)(=O)N1CCC(NC)CC1. The van der Waals surface area contributed by atoms with Crippen LogP contribution in [0.15, 0.2) is 0 Å². The summed E-state index contributed by atoms with van der Waals surface area (Å²) in [6.07, 6.45) is 3.90. The molecule has 1 heterocycles. The number of hydrogen-bond donors (Lipinski definition) is 1. The summed E-state index contributed by atoms with van der Waals surface area (Å²) in [4.78, 5) is 0. The highest BCUT2D eigenvalue weighted by Gasteiger charge is 2.28. The van der Waals surface area contributed by atoms with Gasteiger partial charge in [-0.3, -0.25) is 0 Å². The lowest BCUT2D eigenvalue weighted by atomic mass is 10.1. The van der Waals surface area contributed by atoms with Crippen LogP contribution < -0.4 is 5.32 Å². The highest BCUT2D eigenvalue weighted by Crippen LogP contribution is 2.17. The third-order valence-corrected chi connectivity index (χ3v) is 5.67. The van der Waals surface area contributed by atoms with Crippen LogP contribution in [0.1, 0.15) is 39.5 Å². The number of piperidine rings is 1. The Balaban J connectivity index is 2.48. The van der Waals surface area contributed by atoms with Gasteiger partial charge >= 0.3 is 0 Å². The van der Waals surface area contributed by atoms with Crippen molar-refractivity contribution in [3.63, 3.8) is 0 Å². The van der Waals surface area contributed by atoms with Crippen molar-refractivity contribution in [3.05, 3.63) is 0 Å². The average molecular weight is 262 g/mol. The van der Waals surface area contributed by atoms with Crippen LogP contribution in [0.2, 0.25) is 0 Å². The lowest BCUT2D eigenvalue weighted by molar-refractivity contribution is 0.296. The predicted molar refractivity (Wildman–Crippen MR) is 71.5 cm³/mol. The van der Waals surface area contributed by atoms with Gasteiger partial charge in [-0.2, -0.15) is 0 Å². The first-order valence-corrected chi connectivity index (χ1v) is 8.25. The van der Waals surface area contributed by atoms with Crippen LogP contribution in [0.3, 0.4) is 0 Å². The van der Waals surface area contributed by atoms with Gasteiger partial charge in [-0.15, -0.1) is 0 Å². The van der Waals surface area contributed by atoms with Gasteiger partial charge in [-0.1, -0.05) is 20.3 Å². The predicted octanol–water partition coefficient (Wildman–Crippen LogP) is 1.44. The first-order valence-electron chi connectivity index (χ1n) is 6.64. The van der Waals surface area contributed by atoms with Crippen molar-refractivity contribution in [2.75, 3.05) is 25.9 Å². The molecule has 0 spiro atoms. The van der Waals surface area contributed by atoms with Gasteiger partial charge in [0, 0.05) is 19.1 Å². The normalized spacial score (nSPS) is 21.6. The first kappa shape index (κ1) is 14.9. The third-order valence-electron chi connectivity index (χ3n) is 3.53. The molecule has 17 heavy (non-hydrogen) atoms. The number of nitrogens with zero attached hydrogens (tertiary/aromatic N) is 1. The molecular weight excluding hydrogens is 236 g/mol. The van der Waals surface area contributed by atoms with Gasteiger partial charge in [-0.25, -0.2) is 12.7 Å². The van der Waals surface area contributed by atoms with Gasteiger partial charge in [0.2, 0.25) is 10.0 Å². The fraction of sp³-hybridized carbons (Fsp3) is 1.00. The topological polar surface area (TPSA) is 49.4 Å². The quantitative estimate of drug-likeness (QED) is 0.788. The van der Waals surface area contributed by atoms with Gasteiger partial charge < -0.3 is 5.32 Å². The smallest absolute Gasteiger partial charge is 0.214 e. The molecule has 0 amide bonds. The van der Waals surface area contributed by atoms with Crippen LogP contribution in [0.5, 0.6) is 0 Å². The highest BCUT2D eigenvalue weighted by molar-refractivity contribution is 7.89. The Kier molecular flexibility index (Phi) is 5.89. The molecule has 1 saturated heterocycles. The van der Waals surface area contributed by atoms with Crippen molar-refractivity contribution in [1.29, 1.82) is 0 Å². The maximum Gasteiger partial charge on any atom is 0.214 e. The molecule has 0 radical (unpaired) electrons. The minimum absolute atomic E-state index is 0.270. The van der Waals surface area contributed by atoms with E-state index in [4.69, 9.17) is 0 Å². The van der Waals surface area contributed by atoms with E-state index in [1.807, 2.05) is 14.0 Å². The van der Waals surface area contributed by atoms with E-state index in [9.17, 15) is 8.42 Å². The largest absolute Gasteiger partial charge is 0.317 e. The average Bonchev–Trinajstić information content (AvgIpc) is 2.28. The zero-order chi connectivity index (χ0) is 12.9. The second-order valence-electron chi connectivity index (χ2n) is 5.13. The van der Waals surface area contributed by atoms with Crippen molar-refractivity contribution >= 4 is 10.0 Å². The van der Waals surface area contributed by atoms with Crippen molar-refractivity contribution in [1.82, 2.24) is 9.62 Å².